The van der Waals surface area contributed by atoms with Crippen molar-refractivity contribution in [2.45, 2.75) is 25.9 Å². The van der Waals surface area contributed by atoms with Crippen LogP contribution in [0.15, 0.2) is 60.7 Å². The Morgan fingerprint density at radius 3 is 2.71 bits per heavy atom. The number of rotatable bonds is 7. The van der Waals surface area contributed by atoms with Crippen molar-refractivity contribution in [3.05, 3.63) is 66.4 Å². The number of ether oxygens (including phenoxy) is 2. The fraction of sp³-hybridized carbons (Fsp3) is 0.273. The molecule has 6 nitrogen and oxygen atoms in total. The standard InChI is InChI=1S/C22H24N4O2/c1-16-14-21(26-22(24-16)23-15-18-10-7-13-27-18)25-19-11-5-6-12-20(19)28-17-8-3-2-4-9-17/h2-6,8-9,11-12,14,18H,7,10,13,15H2,1H3,(H2,23,24,25,26). The highest BCUT2D eigenvalue weighted by Gasteiger charge is 2.15. The van der Waals surface area contributed by atoms with Gasteiger partial charge in [-0.25, -0.2) is 4.98 Å². The van der Waals surface area contributed by atoms with Gasteiger partial charge < -0.3 is 20.1 Å². The van der Waals surface area contributed by atoms with Gasteiger partial charge in [0.25, 0.3) is 0 Å². The molecule has 6 heteroatoms. The summed E-state index contributed by atoms with van der Waals surface area (Å²) in [6.45, 7) is 3.51. The van der Waals surface area contributed by atoms with E-state index in [0.717, 1.165) is 48.9 Å². The average Bonchev–Trinajstić information content (AvgIpc) is 3.22. The molecular formula is C22H24N4O2. The van der Waals surface area contributed by atoms with Gasteiger partial charge in [0.1, 0.15) is 11.6 Å². The van der Waals surface area contributed by atoms with Gasteiger partial charge in [-0.2, -0.15) is 4.98 Å². The minimum Gasteiger partial charge on any atom is -0.455 e. The predicted octanol–water partition coefficient (Wildman–Crippen LogP) is 4.91. The zero-order valence-corrected chi connectivity index (χ0v) is 15.9. The van der Waals surface area contributed by atoms with E-state index < -0.39 is 0 Å². The lowest BCUT2D eigenvalue weighted by Gasteiger charge is -2.15. The van der Waals surface area contributed by atoms with Gasteiger partial charge in [-0.1, -0.05) is 30.3 Å². The van der Waals surface area contributed by atoms with Gasteiger partial charge in [0, 0.05) is 24.9 Å². The molecule has 2 heterocycles. The Morgan fingerprint density at radius 2 is 1.89 bits per heavy atom. The smallest absolute Gasteiger partial charge is 0.224 e. The maximum atomic E-state index is 6.02. The molecule has 144 valence electrons. The predicted molar refractivity (Wildman–Crippen MR) is 110 cm³/mol. The zero-order chi connectivity index (χ0) is 19.2. The molecule has 1 aliphatic heterocycles. The van der Waals surface area contributed by atoms with E-state index in [1.165, 1.54) is 0 Å². The van der Waals surface area contributed by atoms with Crippen molar-refractivity contribution in [3.8, 4) is 11.5 Å². The topological polar surface area (TPSA) is 68.3 Å². The second-order valence-electron chi connectivity index (χ2n) is 6.77. The van der Waals surface area contributed by atoms with Crippen LogP contribution in [-0.2, 0) is 4.74 Å². The number of benzene rings is 2. The fourth-order valence-electron chi connectivity index (χ4n) is 3.13. The number of aromatic nitrogens is 2. The largest absolute Gasteiger partial charge is 0.455 e. The lowest BCUT2D eigenvalue weighted by molar-refractivity contribution is 0.120. The quantitative estimate of drug-likeness (QED) is 0.610. The number of anilines is 3. The molecule has 1 fully saturated rings. The first-order chi connectivity index (χ1) is 13.8. The Hall–Kier alpha value is -3.12. The first kappa shape index (κ1) is 18.3. The molecule has 2 aromatic carbocycles. The van der Waals surface area contributed by atoms with Crippen molar-refractivity contribution in [1.29, 1.82) is 0 Å². The van der Waals surface area contributed by atoms with Crippen LogP contribution in [0, 0.1) is 6.92 Å². The van der Waals surface area contributed by atoms with Crippen LogP contribution in [0.1, 0.15) is 18.5 Å². The third-order valence-corrected chi connectivity index (χ3v) is 4.49. The van der Waals surface area contributed by atoms with Gasteiger partial charge in [0.15, 0.2) is 5.75 Å². The van der Waals surface area contributed by atoms with E-state index in [4.69, 9.17) is 9.47 Å². The first-order valence-electron chi connectivity index (χ1n) is 9.56. The molecular weight excluding hydrogens is 352 g/mol. The summed E-state index contributed by atoms with van der Waals surface area (Å²) in [6.07, 6.45) is 2.43. The van der Waals surface area contributed by atoms with E-state index in [1.807, 2.05) is 67.6 Å². The maximum absolute atomic E-state index is 6.02. The Labute approximate surface area is 164 Å². The summed E-state index contributed by atoms with van der Waals surface area (Å²) in [4.78, 5) is 9.07. The van der Waals surface area contributed by atoms with Crippen LogP contribution >= 0.6 is 0 Å². The van der Waals surface area contributed by atoms with Crippen molar-refractivity contribution < 1.29 is 9.47 Å². The van der Waals surface area contributed by atoms with Crippen LogP contribution in [0.25, 0.3) is 0 Å². The van der Waals surface area contributed by atoms with Gasteiger partial charge in [-0.05, 0) is 44.0 Å². The Morgan fingerprint density at radius 1 is 1.07 bits per heavy atom. The second kappa shape index (κ2) is 8.71. The molecule has 0 radical (unpaired) electrons. The summed E-state index contributed by atoms with van der Waals surface area (Å²) in [7, 11) is 0. The van der Waals surface area contributed by atoms with Crippen LogP contribution in [0.2, 0.25) is 0 Å². The number of hydrogen-bond acceptors (Lipinski definition) is 6. The van der Waals surface area contributed by atoms with E-state index in [9.17, 15) is 0 Å². The summed E-state index contributed by atoms with van der Waals surface area (Å²) in [6, 6.07) is 19.4. The molecule has 0 spiro atoms. The third-order valence-electron chi connectivity index (χ3n) is 4.49. The molecule has 1 atom stereocenters. The molecule has 2 N–H and O–H groups in total. The van der Waals surface area contributed by atoms with Crippen LogP contribution in [0.4, 0.5) is 17.5 Å². The van der Waals surface area contributed by atoms with Crippen LogP contribution in [0.5, 0.6) is 11.5 Å². The van der Waals surface area contributed by atoms with E-state index >= 15 is 0 Å². The molecule has 3 aromatic rings. The average molecular weight is 376 g/mol. The second-order valence-corrected chi connectivity index (χ2v) is 6.77. The Kier molecular flexibility index (Phi) is 5.68. The molecule has 1 unspecified atom stereocenters. The molecule has 1 saturated heterocycles. The Bertz CT molecular complexity index is 911. The monoisotopic (exact) mass is 376 g/mol. The molecule has 0 saturated carbocycles. The van der Waals surface area contributed by atoms with Gasteiger partial charge >= 0.3 is 0 Å². The fourth-order valence-corrected chi connectivity index (χ4v) is 3.13. The van der Waals surface area contributed by atoms with Crippen LogP contribution in [0.3, 0.4) is 0 Å². The summed E-state index contributed by atoms with van der Waals surface area (Å²) >= 11 is 0. The Balaban J connectivity index is 1.49. The highest BCUT2D eigenvalue weighted by atomic mass is 16.5. The summed E-state index contributed by atoms with van der Waals surface area (Å²) in [5.74, 6) is 2.83. The lowest BCUT2D eigenvalue weighted by Crippen LogP contribution is -2.20. The minimum atomic E-state index is 0.237. The highest BCUT2D eigenvalue weighted by Crippen LogP contribution is 2.31. The van der Waals surface area contributed by atoms with E-state index in [1.54, 1.807) is 0 Å². The van der Waals surface area contributed by atoms with Crippen LogP contribution in [-0.4, -0.2) is 29.2 Å². The van der Waals surface area contributed by atoms with Crippen LogP contribution < -0.4 is 15.4 Å². The number of nitrogens with one attached hydrogen (secondary N) is 2. The van der Waals surface area contributed by atoms with E-state index in [2.05, 4.69) is 20.6 Å². The molecule has 0 amide bonds. The first-order valence-corrected chi connectivity index (χ1v) is 9.56. The zero-order valence-electron chi connectivity index (χ0n) is 15.9. The van der Waals surface area contributed by atoms with Crippen molar-refractivity contribution >= 4 is 17.5 Å². The third kappa shape index (κ3) is 4.78. The minimum absolute atomic E-state index is 0.237. The summed E-state index contributed by atoms with van der Waals surface area (Å²) in [5, 5.41) is 6.64. The van der Waals surface area contributed by atoms with Crippen molar-refractivity contribution in [3.63, 3.8) is 0 Å². The normalized spacial score (nSPS) is 16.0. The van der Waals surface area contributed by atoms with Crippen molar-refractivity contribution in [2.75, 3.05) is 23.8 Å². The van der Waals surface area contributed by atoms with E-state index in [0.29, 0.717) is 11.8 Å². The summed E-state index contributed by atoms with van der Waals surface area (Å²) in [5.41, 5.74) is 1.73. The number of nitrogens with zero attached hydrogens (tertiary/aromatic N) is 2. The van der Waals surface area contributed by atoms with Gasteiger partial charge in [0.2, 0.25) is 5.95 Å². The molecule has 1 aromatic heterocycles. The molecule has 28 heavy (non-hydrogen) atoms. The number of hydrogen-bond donors (Lipinski definition) is 2. The number of para-hydroxylation sites is 3. The molecule has 1 aliphatic rings. The van der Waals surface area contributed by atoms with Gasteiger partial charge in [-0.15, -0.1) is 0 Å². The number of aryl methyl sites for hydroxylation is 1. The van der Waals surface area contributed by atoms with E-state index in [-0.39, 0.29) is 6.10 Å². The van der Waals surface area contributed by atoms with Crippen molar-refractivity contribution in [1.82, 2.24) is 9.97 Å². The lowest BCUT2D eigenvalue weighted by atomic mass is 10.2. The van der Waals surface area contributed by atoms with Gasteiger partial charge in [0.05, 0.1) is 11.8 Å². The highest BCUT2D eigenvalue weighted by molar-refractivity contribution is 5.65. The van der Waals surface area contributed by atoms with Crippen molar-refractivity contribution in [2.24, 2.45) is 0 Å². The maximum Gasteiger partial charge on any atom is 0.224 e. The van der Waals surface area contributed by atoms with Gasteiger partial charge in [-0.3, -0.25) is 0 Å². The molecule has 0 bridgehead atoms. The molecule has 0 aliphatic carbocycles. The molecule has 4 rings (SSSR count). The SMILES string of the molecule is Cc1cc(Nc2ccccc2Oc2ccccc2)nc(NCC2CCCO2)n1. The summed E-state index contributed by atoms with van der Waals surface area (Å²) < 4.78 is 11.7.